The van der Waals surface area contributed by atoms with E-state index in [1.807, 2.05) is 97.1 Å². The average molecular weight is 664 g/mol. The SMILES string of the molecule is O=C(Nc1ccccc1)c1cc(S(=O)(=O)Nc2nnc(-c3ccccc3)c(-c3ccccc3)n2)c(SCc2ccccc2)cc1Cl. The minimum Gasteiger partial charge on any atom is -0.322 e. The first kappa shape index (κ1) is 31.0. The highest BCUT2D eigenvalue weighted by molar-refractivity contribution is 7.99. The number of amides is 1. The van der Waals surface area contributed by atoms with Gasteiger partial charge in [-0.15, -0.1) is 22.0 Å². The molecule has 0 fully saturated rings. The molecule has 1 heterocycles. The van der Waals surface area contributed by atoms with Crippen LogP contribution in [0.5, 0.6) is 0 Å². The van der Waals surface area contributed by atoms with Crippen molar-refractivity contribution in [1.82, 2.24) is 15.2 Å². The van der Waals surface area contributed by atoms with E-state index in [4.69, 9.17) is 11.6 Å². The van der Waals surface area contributed by atoms with Crippen molar-refractivity contribution >= 4 is 50.9 Å². The highest BCUT2D eigenvalue weighted by Crippen LogP contribution is 2.36. The zero-order valence-electron chi connectivity index (χ0n) is 24.2. The number of aromatic nitrogens is 3. The summed E-state index contributed by atoms with van der Waals surface area (Å²) in [4.78, 5) is 18.1. The Labute approximate surface area is 276 Å². The molecule has 2 N–H and O–H groups in total. The Morgan fingerprint density at radius 3 is 1.91 bits per heavy atom. The normalized spacial score (nSPS) is 11.2. The zero-order valence-corrected chi connectivity index (χ0v) is 26.6. The summed E-state index contributed by atoms with van der Waals surface area (Å²) in [6.07, 6.45) is 0. The molecule has 1 amide bonds. The molecule has 11 heteroatoms. The topological polar surface area (TPSA) is 114 Å². The van der Waals surface area contributed by atoms with Crippen LogP contribution in [0, 0.1) is 0 Å². The molecule has 1 aromatic heterocycles. The van der Waals surface area contributed by atoms with Gasteiger partial charge >= 0.3 is 0 Å². The van der Waals surface area contributed by atoms with E-state index in [-0.39, 0.29) is 21.4 Å². The van der Waals surface area contributed by atoms with E-state index < -0.39 is 15.9 Å². The molecule has 6 rings (SSSR count). The number of hydrogen-bond donors (Lipinski definition) is 2. The van der Waals surface area contributed by atoms with E-state index in [0.717, 1.165) is 16.7 Å². The monoisotopic (exact) mass is 663 g/mol. The maximum atomic E-state index is 14.1. The van der Waals surface area contributed by atoms with Crippen molar-refractivity contribution in [2.75, 3.05) is 10.0 Å². The Kier molecular flexibility index (Phi) is 9.39. The molecule has 46 heavy (non-hydrogen) atoms. The van der Waals surface area contributed by atoms with Crippen molar-refractivity contribution in [1.29, 1.82) is 0 Å². The third-order valence-corrected chi connectivity index (χ3v) is 9.78. The van der Waals surface area contributed by atoms with Crippen LogP contribution < -0.4 is 10.0 Å². The molecular weight excluding hydrogens is 638 g/mol. The standard InChI is InChI=1S/C35H26ClN5O3S2/c36-29-22-30(45-23-24-13-5-1-6-14-24)31(21-28(29)34(42)37-27-19-11-4-12-20-27)46(43,44)41-35-38-32(25-15-7-2-8-16-25)33(39-40-35)26-17-9-3-10-18-26/h1-22H,23H2,(H,37,42)(H,38,40,41). The third-order valence-electron chi connectivity index (χ3n) is 6.84. The number of rotatable bonds is 10. The minimum atomic E-state index is -4.34. The van der Waals surface area contributed by atoms with Gasteiger partial charge in [0.1, 0.15) is 16.3 Å². The molecule has 0 saturated carbocycles. The number of para-hydroxylation sites is 1. The summed E-state index contributed by atoms with van der Waals surface area (Å²) in [7, 11) is -4.34. The Hall–Kier alpha value is -5.03. The van der Waals surface area contributed by atoms with E-state index in [2.05, 4.69) is 25.2 Å². The van der Waals surface area contributed by atoms with Crippen LogP contribution in [0.15, 0.2) is 143 Å². The molecule has 0 aliphatic heterocycles. The molecule has 0 spiro atoms. The molecule has 0 atom stereocenters. The summed E-state index contributed by atoms with van der Waals surface area (Å²) < 4.78 is 30.6. The van der Waals surface area contributed by atoms with Crippen molar-refractivity contribution in [2.24, 2.45) is 0 Å². The number of nitrogens with zero attached hydrogens (tertiary/aromatic N) is 3. The number of carbonyl (C=O) groups excluding carboxylic acids is 1. The van der Waals surface area contributed by atoms with Gasteiger partial charge < -0.3 is 5.32 Å². The van der Waals surface area contributed by atoms with Crippen LogP contribution in [-0.2, 0) is 15.8 Å². The Morgan fingerprint density at radius 1 is 0.717 bits per heavy atom. The maximum absolute atomic E-state index is 14.1. The maximum Gasteiger partial charge on any atom is 0.265 e. The van der Waals surface area contributed by atoms with Crippen molar-refractivity contribution in [3.8, 4) is 22.5 Å². The van der Waals surface area contributed by atoms with E-state index in [1.165, 1.54) is 23.9 Å². The summed E-state index contributed by atoms with van der Waals surface area (Å²) in [6.45, 7) is 0. The van der Waals surface area contributed by atoms with Crippen LogP contribution in [0.1, 0.15) is 15.9 Å². The fraction of sp³-hybridized carbons (Fsp3) is 0.0286. The first-order valence-electron chi connectivity index (χ1n) is 14.1. The second-order valence-electron chi connectivity index (χ2n) is 10.0. The Bertz CT molecular complexity index is 2090. The predicted octanol–water partition coefficient (Wildman–Crippen LogP) is 8.20. The highest BCUT2D eigenvalue weighted by atomic mass is 35.5. The average Bonchev–Trinajstić information content (AvgIpc) is 3.08. The van der Waals surface area contributed by atoms with E-state index in [1.54, 1.807) is 24.3 Å². The fourth-order valence-corrected chi connectivity index (χ4v) is 7.39. The summed E-state index contributed by atoms with van der Waals surface area (Å²) >= 11 is 7.88. The zero-order chi connectivity index (χ0) is 31.9. The summed E-state index contributed by atoms with van der Waals surface area (Å²) in [5, 5.41) is 11.4. The predicted molar refractivity (Wildman–Crippen MR) is 183 cm³/mol. The number of benzene rings is 5. The van der Waals surface area contributed by atoms with Crippen molar-refractivity contribution < 1.29 is 13.2 Å². The quantitative estimate of drug-likeness (QED) is 0.142. The number of thioether (sulfide) groups is 1. The van der Waals surface area contributed by atoms with Crippen LogP contribution in [0.2, 0.25) is 5.02 Å². The van der Waals surface area contributed by atoms with Crippen molar-refractivity contribution in [3.63, 3.8) is 0 Å². The van der Waals surface area contributed by atoms with Crippen LogP contribution in [0.4, 0.5) is 11.6 Å². The van der Waals surface area contributed by atoms with Gasteiger partial charge in [-0.25, -0.2) is 18.1 Å². The molecule has 228 valence electrons. The lowest BCUT2D eigenvalue weighted by atomic mass is 10.0. The van der Waals surface area contributed by atoms with Crippen molar-refractivity contribution in [3.05, 3.63) is 150 Å². The molecule has 0 bridgehead atoms. The number of halogens is 1. The Balaban J connectivity index is 1.39. The summed E-state index contributed by atoms with van der Waals surface area (Å²) in [5.41, 5.74) is 4.00. The van der Waals surface area contributed by atoms with Gasteiger partial charge in [0.25, 0.3) is 21.9 Å². The number of carbonyl (C=O) groups is 1. The highest BCUT2D eigenvalue weighted by Gasteiger charge is 2.26. The molecule has 0 saturated heterocycles. The third kappa shape index (κ3) is 7.26. The molecule has 0 aliphatic carbocycles. The summed E-state index contributed by atoms with van der Waals surface area (Å²) in [6, 6.07) is 40.0. The summed E-state index contributed by atoms with van der Waals surface area (Å²) in [5.74, 6) is -0.302. The number of sulfonamides is 1. The van der Waals surface area contributed by atoms with Crippen molar-refractivity contribution in [2.45, 2.75) is 15.5 Å². The molecule has 5 aromatic carbocycles. The Morgan fingerprint density at radius 2 is 1.28 bits per heavy atom. The van der Waals surface area contributed by atoms with Gasteiger partial charge in [-0.05, 0) is 29.8 Å². The van der Waals surface area contributed by atoms with Crippen LogP contribution in [0.3, 0.4) is 0 Å². The van der Waals surface area contributed by atoms with Gasteiger partial charge in [-0.2, -0.15) is 0 Å². The first-order valence-corrected chi connectivity index (χ1v) is 17.0. The fourth-order valence-electron chi connectivity index (χ4n) is 4.62. The number of hydrogen-bond acceptors (Lipinski definition) is 7. The lowest BCUT2D eigenvalue weighted by molar-refractivity contribution is 0.102. The largest absolute Gasteiger partial charge is 0.322 e. The second-order valence-corrected chi connectivity index (χ2v) is 13.1. The minimum absolute atomic E-state index is 0.00148. The molecule has 0 radical (unpaired) electrons. The van der Waals surface area contributed by atoms with Crippen LogP contribution in [0.25, 0.3) is 22.5 Å². The molecular formula is C35H26ClN5O3S2. The lowest BCUT2D eigenvalue weighted by Crippen LogP contribution is -2.19. The number of nitrogens with one attached hydrogen (secondary N) is 2. The van der Waals surface area contributed by atoms with E-state index in [0.29, 0.717) is 27.7 Å². The van der Waals surface area contributed by atoms with Gasteiger partial charge in [0.2, 0.25) is 0 Å². The smallest absolute Gasteiger partial charge is 0.265 e. The van der Waals surface area contributed by atoms with Gasteiger partial charge in [0.05, 0.1) is 10.6 Å². The molecule has 8 nitrogen and oxygen atoms in total. The van der Waals surface area contributed by atoms with E-state index >= 15 is 0 Å². The van der Waals surface area contributed by atoms with Gasteiger partial charge in [-0.1, -0.05) is 121 Å². The van der Waals surface area contributed by atoms with Gasteiger partial charge in [-0.3, -0.25) is 4.79 Å². The second kappa shape index (κ2) is 13.9. The lowest BCUT2D eigenvalue weighted by Gasteiger charge is -2.15. The van der Waals surface area contributed by atoms with Crippen LogP contribution >= 0.6 is 23.4 Å². The molecule has 0 unspecified atom stereocenters. The molecule has 0 aliphatic rings. The van der Waals surface area contributed by atoms with E-state index in [9.17, 15) is 13.2 Å². The first-order chi connectivity index (χ1) is 22.4. The number of anilines is 2. The van der Waals surface area contributed by atoms with Crippen LogP contribution in [-0.4, -0.2) is 29.5 Å². The molecule has 6 aromatic rings. The van der Waals surface area contributed by atoms with Gasteiger partial charge in [0, 0.05) is 27.5 Å². The van der Waals surface area contributed by atoms with Gasteiger partial charge in [0.15, 0.2) is 0 Å².